The Morgan fingerprint density at radius 3 is 2.83 bits per heavy atom. The van der Waals surface area contributed by atoms with Crippen molar-refractivity contribution in [1.82, 2.24) is 14.9 Å². The Morgan fingerprint density at radius 2 is 2.11 bits per heavy atom. The van der Waals surface area contributed by atoms with Crippen molar-refractivity contribution in [3.63, 3.8) is 0 Å². The Labute approximate surface area is 108 Å². The number of aromatic nitrogens is 2. The van der Waals surface area contributed by atoms with E-state index in [0.29, 0.717) is 13.0 Å². The van der Waals surface area contributed by atoms with Crippen LogP contribution in [-0.2, 0) is 13.0 Å². The minimum Gasteiger partial charge on any atom is -0.391 e. The fourth-order valence-electron chi connectivity index (χ4n) is 2.23. The molecule has 0 fully saturated rings. The molecule has 0 saturated carbocycles. The van der Waals surface area contributed by atoms with E-state index in [0.717, 1.165) is 29.9 Å². The number of para-hydroxylation sites is 2. The van der Waals surface area contributed by atoms with Crippen LogP contribution in [0.4, 0.5) is 0 Å². The molecule has 0 amide bonds. The summed E-state index contributed by atoms with van der Waals surface area (Å²) in [4.78, 5) is 4.61. The molecule has 1 aromatic heterocycles. The summed E-state index contributed by atoms with van der Waals surface area (Å²) in [6, 6.07) is 8.11. The Bertz CT molecular complexity index is 507. The normalized spacial score (nSPS) is 13.1. The van der Waals surface area contributed by atoms with Gasteiger partial charge >= 0.3 is 0 Å². The van der Waals surface area contributed by atoms with Crippen molar-refractivity contribution in [2.75, 3.05) is 13.1 Å². The van der Waals surface area contributed by atoms with E-state index in [4.69, 9.17) is 0 Å². The Kier molecular flexibility index (Phi) is 4.33. The van der Waals surface area contributed by atoms with Crippen LogP contribution in [-0.4, -0.2) is 33.9 Å². The van der Waals surface area contributed by atoms with Gasteiger partial charge in [0.1, 0.15) is 5.82 Å². The van der Waals surface area contributed by atoms with Gasteiger partial charge in [0.2, 0.25) is 0 Å². The quantitative estimate of drug-likeness (QED) is 0.814. The van der Waals surface area contributed by atoms with Crippen molar-refractivity contribution in [3.05, 3.63) is 30.1 Å². The number of aliphatic hydroxyl groups is 1. The van der Waals surface area contributed by atoms with Gasteiger partial charge in [0.15, 0.2) is 0 Å². The highest BCUT2D eigenvalue weighted by molar-refractivity contribution is 5.75. The first kappa shape index (κ1) is 13.1. The number of nitrogens with one attached hydrogen (secondary N) is 1. The second-order valence-corrected chi connectivity index (χ2v) is 4.43. The lowest BCUT2D eigenvalue weighted by atomic mass is 10.2. The number of hydrogen-bond acceptors (Lipinski definition) is 3. The molecule has 0 aliphatic heterocycles. The maximum absolute atomic E-state index is 9.96. The molecule has 0 radical (unpaired) electrons. The summed E-state index contributed by atoms with van der Waals surface area (Å²) in [5.74, 6) is 0.962. The molecule has 0 spiro atoms. The van der Waals surface area contributed by atoms with E-state index < -0.39 is 0 Å². The van der Waals surface area contributed by atoms with Crippen LogP contribution in [0.2, 0.25) is 0 Å². The van der Waals surface area contributed by atoms with E-state index >= 15 is 0 Å². The van der Waals surface area contributed by atoms with Crippen molar-refractivity contribution >= 4 is 11.0 Å². The zero-order valence-electron chi connectivity index (χ0n) is 11.1. The molecule has 0 saturated heterocycles. The largest absolute Gasteiger partial charge is 0.391 e. The van der Waals surface area contributed by atoms with Crippen LogP contribution in [0, 0.1) is 0 Å². The number of rotatable bonds is 6. The van der Waals surface area contributed by atoms with Crippen molar-refractivity contribution < 1.29 is 5.11 Å². The number of imidazole rings is 1. The zero-order valence-corrected chi connectivity index (χ0v) is 11.1. The van der Waals surface area contributed by atoms with Gasteiger partial charge in [0.25, 0.3) is 0 Å². The summed E-state index contributed by atoms with van der Waals surface area (Å²) in [6.07, 6.45) is 0.210. The number of aliphatic hydroxyl groups excluding tert-OH is 1. The minimum atomic E-state index is -0.382. The van der Waals surface area contributed by atoms with E-state index in [9.17, 15) is 5.11 Å². The summed E-state index contributed by atoms with van der Waals surface area (Å²) in [6.45, 7) is 6.51. The molecule has 1 aromatic carbocycles. The van der Waals surface area contributed by atoms with Crippen LogP contribution >= 0.6 is 0 Å². The van der Waals surface area contributed by atoms with Crippen molar-refractivity contribution in [2.24, 2.45) is 0 Å². The van der Waals surface area contributed by atoms with Gasteiger partial charge in [-0.1, -0.05) is 19.1 Å². The molecule has 0 aliphatic carbocycles. The number of fused-ring (bicyclic) bond motifs is 1. The number of likely N-dealkylation sites (N-methyl/N-ethyl adjacent to an activating group) is 1. The third kappa shape index (κ3) is 2.71. The molecule has 2 aromatic rings. The maximum Gasteiger partial charge on any atom is 0.112 e. The molecule has 18 heavy (non-hydrogen) atoms. The van der Waals surface area contributed by atoms with E-state index in [1.165, 1.54) is 0 Å². The molecule has 4 nitrogen and oxygen atoms in total. The lowest BCUT2D eigenvalue weighted by Gasteiger charge is -2.11. The third-order valence-corrected chi connectivity index (χ3v) is 3.10. The first-order chi connectivity index (χ1) is 8.76. The second-order valence-electron chi connectivity index (χ2n) is 4.43. The first-order valence-electron chi connectivity index (χ1n) is 6.59. The van der Waals surface area contributed by atoms with Gasteiger partial charge in [-0.15, -0.1) is 0 Å². The van der Waals surface area contributed by atoms with Crippen molar-refractivity contribution in [3.8, 4) is 0 Å². The van der Waals surface area contributed by atoms with Gasteiger partial charge in [-0.05, 0) is 25.6 Å². The number of aryl methyl sites for hydroxylation is 1. The van der Waals surface area contributed by atoms with Gasteiger partial charge in [0.05, 0.1) is 17.1 Å². The molecule has 1 unspecified atom stereocenters. The van der Waals surface area contributed by atoms with E-state index in [1.807, 2.05) is 25.1 Å². The highest BCUT2D eigenvalue weighted by Crippen LogP contribution is 2.16. The molecular formula is C14H21N3O. The Balaban J connectivity index is 2.21. The molecule has 2 N–H and O–H groups in total. The monoisotopic (exact) mass is 247 g/mol. The highest BCUT2D eigenvalue weighted by Gasteiger charge is 2.13. The molecule has 2 rings (SSSR count). The standard InChI is InChI=1S/C14H21N3O/c1-3-15-10-11(18)9-14-16-12-7-5-6-8-13(12)17(14)4-2/h5-8,11,15,18H,3-4,9-10H2,1-2H3. The van der Waals surface area contributed by atoms with Gasteiger partial charge in [0, 0.05) is 19.5 Å². The van der Waals surface area contributed by atoms with E-state index in [1.54, 1.807) is 0 Å². The maximum atomic E-state index is 9.96. The average Bonchev–Trinajstić information content (AvgIpc) is 2.73. The van der Waals surface area contributed by atoms with Gasteiger partial charge in [-0.25, -0.2) is 4.98 Å². The first-order valence-corrected chi connectivity index (χ1v) is 6.59. The van der Waals surface area contributed by atoms with Crippen LogP contribution in [0.25, 0.3) is 11.0 Å². The fraction of sp³-hybridized carbons (Fsp3) is 0.500. The Hall–Kier alpha value is -1.39. The molecular weight excluding hydrogens is 226 g/mol. The van der Waals surface area contributed by atoms with Gasteiger partial charge in [-0.3, -0.25) is 0 Å². The predicted octanol–water partition coefficient (Wildman–Crippen LogP) is 1.57. The van der Waals surface area contributed by atoms with Crippen LogP contribution in [0.1, 0.15) is 19.7 Å². The van der Waals surface area contributed by atoms with Gasteiger partial charge in [-0.2, -0.15) is 0 Å². The molecule has 98 valence electrons. The molecule has 0 aliphatic rings. The fourth-order valence-corrected chi connectivity index (χ4v) is 2.23. The SMILES string of the molecule is CCNCC(O)Cc1nc2ccccc2n1CC. The highest BCUT2D eigenvalue weighted by atomic mass is 16.3. The predicted molar refractivity (Wildman–Crippen MR) is 73.7 cm³/mol. The smallest absolute Gasteiger partial charge is 0.112 e. The molecule has 1 heterocycles. The van der Waals surface area contributed by atoms with Crippen molar-refractivity contribution in [1.29, 1.82) is 0 Å². The lowest BCUT2D eigenvalue weighted by molar-refractivity contribution is 0.169. The van der Waals surface area contributed by atoms with Crippen LogP contribution in [0.15, 0.2) is 24.3 Å². The number of hydrogen-bond donors (Lipinski definition) is 2. The Morgan fingerprint density at radius 1 is 1.33 bits per heavy atom. The van der Waals surface area contributed by atoms with E-state index in [2.05, 4.69) is 27.9 Å². The average molecular weight is 247 g/mol. The molecule has 1 atom stereocenters. The minimum absolute atomic E-state index is 0.382. The molecule has 0 bridgehead atoms. The van der Waals surface area contributed by atoms with Gasteiger partial charge < -0.3 is 15.0 Å². The van der Waals surface area contributed by atoms with Crippen LogP contribution < -0.4 is 5.32 Å². The lowest BCUT2D eigenvalue weighted by Crippen LogP contribution is -2.29. The summed E-state index contributed by atoms with van der Waals surface area (Å²) in [5, 5.41) is 13.1. The summed E-state index contributed by atoms with van der Waals surface area (Å²) >= 11 is 0. The summed E-state index contributed by atoms with van der Waals surface area (Å²) in [5.41, 5.74) is 2.15. The topological polar surface area (TPSA) is 50.1 Å². The summed E-state index contributed by atoms with van der Waals surface area (Å²) < 4.78 is 2.17. The van der Waals surface area contributed by atoms with Crippen LogP contribution in [0.5, 0.6) is 0 Å². The van der Waals surface area contributed by atoms with Crippen LogP contribution in [0.3, 0.4) is 0 Å². The zero-order chi connectivity index (χ0) is 13.0. The second kappa shape index (κ2) is 5.98. The molecule has 4 heteroatoms. The van der Waals surface area contributed by atoms with Crippen molar-refractivity contribution in [2.45, 2.75) is 32.9 Å². The number of nitrogens with zero attached hydrogens (tertiary/aromatic N) is 2. The van der Waals surface area contributed by atoms with E-state index in [-0.39, 0.29) is 6.10 Å². The summed E-state index contributed by atoms with van der Waals surface area (Å²) in [7, 11) is 0. The third-order valence-electron chi connectivity index (χ3n) is 3.10. The number of benzene rings is 1.